The summed E-state index contributed by atoms with van der Waals surface area (Å²) in [7, 11) is 0. The van der Waals surface area contributed by atoms with Crippen LogP contribution in [-0.2, 0) is 5.41 Å². The molecule has 1 N–H and O–H groups in total. The minimum atomic E-state index is -0.651. The largest absolute Gasteiger partial charge is 0.494 e. The van der Waals surface area contributed by atoms with Crippen molar-refractivity contribution in [2.24, 2.45) is 0 Å². The first-order chi connectivity index (χ1) is 16.0. The first-order valence-electron chi connectivity index (χ1n) is 12.0. The number of thioether (sulfide) groups is 1. The molecule has 1 saturated heterocycles. The van der Waals surface area contributed by atoms with Crippen molar-refractivity contribution >= 4 is 23.4 Å². The molecule has 2 aromatic carbocycles. The van der Waals surface area contributed by atoms with Crippen LogP contribution in [0, 0.1) is 0 Å². The number of benzene rings is 2. The highest BCUT2D eigenvalue weighted by atomic mass is 35.5. The summed E-state index contributed by atoms with van der Waals surface area (Å²) in [5, 5.41) is 9.53. The van der Waals surface area contributed by atoms with Gasteiger partial charge in [-0.25, -0.2) is 0 Å². The summed E-state index contributed by atoms with van der Waals surface area (Å²) in [6.45, 7) is 12.9. The van der Waals surface area contributed by atoms with E-state index in [1.807, 2.05) is 37.7 Å². The van der Waals surface area contributed by atoms with Gasteiger partial charge in [-0.1, -0.05) is 52.0 Å². The first kappa shape index (κ1) is 27.8. The number of hydrogen-bond acceptors (Lipinski definition) is 5. The van der Waals surface area contributed by atoms with Crippen LogP contribution in [0.1, 0.15) is 45.2 Å². The van der Waals surface area contributed by atoms with Crippen molar-refractivity contribution in [1.29, 1.82) is 0 Å². The Labute approximate surface area is 209 Å². The molecule has 1 unspecified atom stereocenters. The molecule has 0 aliphatic carbocycles. The summed E-state index contributed by atoms with van der Waals surface area (Å²) < 4.78 is 11.5. The molecule has 4 nitrogen and oxygen atoms in total. The summed E-state index contributed by atoms with van der Waals surface area (Å²) in [4.78, 5) is 2.53. The van der Waals surface area contributed by atoms with E-state index in [2.05, 4.69) is 55.1 Å². The molecule has 0 spiro atoms. The zero-order valence-electron chi connectivity index (χ0n) is 20.6. The van der Waals surface area contributed by atoms with Gasteiger partial charge in [-0.15, -0.1) is 11.6 Å². The number of hydrogen-bond donors (Lipinski definition) is 1. The first-order valence-corrected chi connectivity index (χ1v) is 13.7. The fourth-order valence-corrected chi connectivity index (χ4v) is 4.71. The molecular weight excluding hydrogens is 454 g/mol. The lowest BCUT2D eigenvalue weighted by Gasteiger charge is -2.27. The molecule has 3 rings (SSSR count). The minimum absolute atomic E-state index is 0.140. The van der Waals surface area contributed by atoms with Crippen LogP contribution in [-0.4, -0.2) is 66.3 Å². The molecule has 0 aromatic heterocycles. The molecule has 2 aromatic rings. The maximum absolute atomic E-state index is 9.53. The Hall–Kier alpha value is -1.40. The van der Waals surface area contributed by atoms with E-state index in [9.17, 15) is 5.11 Å². The third kappa shape index (κ3) is 9.05. The van der Waals surface area contributed by atoms with Gasteiger partial charge in [0.2, 0.25) is 0 Å². The van der Waals surface area contributed by atoms with Crippen LogP contribution in [0.25, 0.3) is 0 Å². The van der Waals surface area contributed by atoms with Gasteiger partial charge in [0, 0.05) is 36.6 Å². The Kier molecular flexibility index (Phi) is 12.5. The van der Waals surface area contributed by atoms with Gasteiger partial charge in [0.1, 0.15) is 24.2 Å². The van der Waals surface area contributed by atoms with E-state index >= 15 is 0 Å². The monoisotopic (exact) mass is 493 g/mol. The Morgan fingerprint density at radius 1 is 0.939 bits per heavy atom. The molecule has 0 radical (unpaired) electrons. The van der Waals surface area contributed by atoms with Crippen LogP contribution in [0.2, 0.25) is 0 Å². The molecule has 1 aliphatic rings. The smallest absolute Gasteiger partial charge is 0.119 e. The maximum Gasteiger partial charge on any atom is 0.119 e. The predicted octanol–water partition coefficient (Wildman–Crippen LogP) is 5.83. The molecule has 33 heavy (non-hydrogen) atoms. The van der Waals surface area contributed by atoms with Gasteiger partial charge >= 0.3 is 0 Å². The van der Waals surface area contributed by atoms with Crippen molar-refractivity contribution in [1.82, 2.24) is 4.90 Å². The number of aliphatic hydroxyl groups is 1. The van der Waals surface area contributed by atoms with Crippen LogP contribution >= 0.6 is 23.4 Å². The molecule has 1 aliphatic heterocycles. The Balaban J connectivity index is 0.00000187. The summed E-state index contributed by atoms with van der Waals surface area (Å²) in [6.07, 6.45) is 0.413. The van der Waals surface area contributed by atoms with Gasteiger partial charge < -0.3 is 19.5 Å². The van der Waals surface area contributed by atoms with Gasteiger partial charge in [0.25, 0.3) is 0 Å². The van der Waals surface area contributed by atoms with Gasteiger partial charge in [-0.05, 0) is 41.8 Å². The second kappa shape index (κ2) is 14.8. The third-order valence-electron chi connectivity index (χ3n) is 5.76. The number of aliphatic hydroxyl groups excluding tert-OH is 1. The molecule has 184 valence electrons. The zero-order valence-corrected chi connectivity index (χ0v) is 22.1. The van der Waals surface area contributed by atoms with Crippen LogP contribution in [0.5, 0.6) is 11.5 Å². The van der Waals surface area contributed by atoms with E-state index in [4.69, 9.17) is 21.1 Å². The Bertz CT molecular complexity index is 777. The summed E-state index contributed by atoms with van der Waals surface area (Å²) in [5.41, 5.74) is 2.29. The average Bonchev–Trinajstić information content (AvgIpc) is 2.87. The van der Waals surface area contributed by atoms with Gasteiger partial charge in [0.05, 0.1) is 12.5 Å². The summed E-state index contributed by atoms with van der Waals surface area (Å²) >= 11 is 7.66. The molecule has 0 bridgehead atoms. The second-order valence-corrected chi connectivity index (χ2v) is 9.98. The van der Waals surface area contributed by atoms with E-state index in [0.29, 0.717) is 0 Å². The van der Waals surface area contributed by atoms with Crippen molar-refractivity contribution in [3.8, 4) is 11.5 Å². The van der Waals surface area contributed by atoms with Crippen LogP contribution in [0.3, 0.4) is 0 Å². The predicted molar refractivity (Wildman–Crippen MR) is 142 cm³/mol. The van der Waals surface area contributed by atoms with E-state index in [0.717, 1.165) is 31.1 Å². The molecule has 6 heteroatoms. The van der Waals surface area contributed by atoms with Gasteiger partial charge in [-0.2, -0.15) is 11.8 Å². The molecule has 0 saturated carbocycles. The van der Waals surface area contributed by atoms with Gasteiger partial charge in [-0.3, -0.25) is 0 Å². The van der Waals surface area contributed by atoms with Gasteiger partial charge in [0.15, 0.2) is 0 Å². The van der Waals surface area contributed by atoms with Crippen LogP contribution in [0.4, 0.5) is 0 Å². The highest BCUT2D eigenvalue weighted by Gasteiger charge is 2.23. The zero-order chi connectivity index (χ0) is 24.1. The molecule has 1 atom stereocenters. The number of ether oxygens (including phenoxy) is 2. The van der Waals surface area contributed by atoms with Crippen molar-refractivity contribution < 1.29 is 14.6 Å². The maximum atomic E-state index is 9.53. The van der Waals surface area contributed by atoms with Crippen molar-refractivity contribution in [3.63, 3.8) is 0 Å². The number of rotatable bonds is 11. The van der Waals surface area contributed by atoms with Crippen LogP contribution < -0.4 is 9.47 Å². The Morgan fingerprint density at radius 2 is 1.45 bits per heavy atom. The SMILES string of the molecule is CC.CC(C)(c1ccc(OCCCN2CCSCC2)cc1)c1ccc(OCC(O)CCl)cc1. The van der Waals surface area contributed by atoms with E-state index in [1.54, 1.807) is 0 Å². The quantitative estimate of drug-likeness (QED) is 0.315. The lowest BCUT2D eigenvalue weighted by atomic mass is 9.78. The topological polar surface area (TPSA) is 41.9 Å². The number of alkyl halides is 1. The molecular formula is C27H40ClNO3S. The minimum Gasteiger partial charge on any atom is -0.494 e. The molecule has 0 amide bonds. The lowest BCUT2D eigenvalue weighted by molar-refractivity contribution is 0.125. The fraction of sp³-hybridized carbons (Fsp3) is 0.556. The van der Waals surface area contributed by atoms with E-state index in [-0.39, 0.29) is 17.9 Å². The van der Waals surface area contributed by atoms with Crippen molar-refractivity contribution in [3.05, 3.63) is 59.7 Å². The molecule has 1 fully saturated rings. The number of nitrogens with zero attached hydrogens (tertiary/aromatic N) is 1. The Morgan fingerprint density at radius 3 is 1.97 bits per heavy atom. The van der Waals surface area contributed by atoms with Crippen LogP contribution in [0.15, 0.2) is 48.5 Å². The lowest BCUT2D eigenvalue weighted by Crippen LogP contribution is -2.33. The highest BCUT2D eigenvalue weighted by Crippen LogP contribution is 2.33. The molecule has 1 heterocycles. The second-order valence-electron chi connectivity index (χ2n) is 8.45. The van der Waals surface area contributed by atoms with Crippen molar-refractivity contribution in [2.75, 3.05) is 50.2 Å². The summed E-state index contributed by atoms with van der Waals surface area (Å²) in [5.74, 6) is 4.34. The third-order valence-corrected chi connectivity index (χ3v) is 7.06. The standard InChI is InChI=1S/C25H34ClNO3S.C2H6/c1-25(2,21-6-10-24(11-7-21)30-19-22(28)18-26)20-4-8-23(9-5-20)29-15-3-12-27-13-16-31-17-14-27;1-2/h4-11,22,28H,3,12-19H2,1-2H3;1-2H3. The normalized spacial score (nSPS) is 15.3. The van der Waals surface area contributed by atoms with E-state index < -0.39 is 6.10 Å². The fourth-order valence-electron chi connectivity index (χ4n) is 3.64. The van der Waals surface area contributed by atoms with Crippen molar-refractivity contribution in [2.45, 2.75) is 45.6 Å². The average molecular weight is 494 g/mol. The highest BCUT2D eigenvalue weighted by molar-refractivity contribution is 7.99. The van der Waals surface area contributed by atoms with E-state index in [1.165, 1.54) is 35.7 Å². The summed E-state index contributed by atoms with van der Waals surface area (Å²) in [6, 6.07) is 16.5. The number of halogens is 1.